The van der Waals surface area contributed by atoms with Gasteiger partial charge in [0, 0.05) is 20.2 Å². The fraction of sp³-hybridized carbons (Fsp3) is 0.462. The van der Waals surface area contributed by atoms with Gasteiger partial charge in [0.25, 0.3) is 5.91 Å². The summed E-state index contributed by atoms with van der Waals surface area (Å²) in [5.41, 5.74) is 6.47. The predicted octanol–water partition coefficient (Wildman–Crippen LogP) is 0.295. The van der Waals surface area contributed by atoms with Crippen molar-refractivity contribution >= 4 is 5.91 Å². The Morgan fingerprint density at radius 2 is 2.11 bits per heavy atom. The SMILES string of the molecule is COCCNC(=O)COc1cc(CN)ccc1OC. The largest absolute Gasteiger partial charge is 0.493 e. The zero-order valence-corrected chi connectivity index (χ0v) is 11.3. The van der Waals surface area contributed by atoms with Crippen molar-refractivity contribution in [2.75, 3.05) is 34.0 Å². The van der Waals surface area contributed by atoms with Crippen LogP contribution in [0.5, 0.6) is 11.5 Å². The van der Waals surface area contributed by atoms with Gasteiger partial charge in [0.2, 0.25) is 0 Å². The molecule has 1 rings (SSSR count). The summed E-state index contributed by atoms with van der Waals surface area (Å²) < 4.78 is 15.4. The molecule has 0 aromatic heterocycles. The quantitative estimate of drug-likeness (QED) is 0.662. The van der Waals surface area contributed by atoms with Crippen LogP contribution in [0.15, 0.2) is 18.2 Å². The molecule has 19 heavy (non-hydrogen) atoms. The van der Waals surface area contributed by atoms with Crippen molar-refractivity contribution in [3.8, 4) is 11.5 Å². The van der Waals surface area contributed by atoms with E-state index in [1.165, 1.54) is 0 Å². The van der Waals surface area contributed by atoms with Gasteiger partial charge < -0.3 is 25.3 Å². The van der Waals surface area contributed by atoms with Crippen LogP contribution < -0.4 is 20.5 Å². The molecule has 1 aromatic rings. The zero-order chi connectivity index (χ0) is 14.1. The van der Waals surface area contributed by atoms with Gasteiger partial charge in [0.05, 0.1) is 13.7 Å². The average Bonchev–Trinajstić information content (AvgIpc) is 2.45. The third-order valence-electron chi connectivity index (χ3n) is 2.45. The second kappa shape index (κ2) is 8.34. The summed E-state index contributed by atoms with van der Waals surface area (Å²) in [4.78, 5) is 11.5. The molecular formula is C13H20N2O4. The molecule has 6 heteroatoms. The molecule has 0 saturated carbocycles. The number of nitrogens with one attached hydrogen (secondary N) is 1. The first-order chi connectivity index (χ1) is 9.21. The van der Waals surface area contributed by atoms with E-state index in [9.17, 15) is 4.79 Å². The number of carbonyl (C=O) groups excluding carboxylic acids is 1. The number of ether oxygens (including phenoxy) is 3. The van der Waals surface area contributed by atoms with Gasteiger partial charge in [-0.25, -0.2) is 0 Å². The Hall–Kier alpha value is -1.79. The molecule has 0 aliphatic carbocycles. The Bertz CT molecular complexity index is 410. The number of benzene rings is 1. The minimum Gasteiger partial charge on any atom is -0.493 e. The molecule has 0 bridgehead atoms. The molecule has 1 aromatic carbocycles. The van der Waals surface area contributed by atoms with E-state index in [0.29, 0.717) is 31.2 Å². The molecule has 0 radical (unpaired) electrons. The summed E-state index contributed by atoms with van der Waals surface area (Å²) in [5, 5.41) is 2.67. The van der Waals surface area contributed by atoms with Crippen LogP contribution in [0.2, 0.25) is 0 Å². The lowest BCUT2D eigenvalue weighted by atomic mass is 10.2. The highest BCUT2D eigenvalue weighted by atomic mass is 16.5. The summed E-state index contributed by atoms with van der Waals surface area (Å²) in [6.07, 6.45) is 0. The van der Waals surface area contributed by atoms with Crippen molar-refractivity contribution in [1.29, 1.82) is 0 Å². The average molecular weight is 268 g/mol. The summed E-state index contributed by atoms with van der Waals surface area (Å²) >= 11 is 0. The number of carbonyl (C=O) groups is 1. The van der Waals surface area contributed by atoms with E-state index < -0.39 is 0 Å². The van der Waals surface area contributed by atoms with Crippen LogP contribution in [0.4, 0.5) is 0 Å². The van der Waals surface area contributed by atoms with Crippen molar-refractivity contribution in [2.45, 2.75) is 6.54 Å². The van der Waals surface area contributed by atoms with Crippen molar-refractivity contribution in [1.82, 2.24) is 5.32 Å². The van der Waals surface area contributed by atoms with Gasteiger partial charge in [-0.1, -0.05) is 6.07 Å². The molecule has 0 unspecified atom stereocenters. The zero-order valence-electron chi connectivity index (χ0n) is 11.3. The van der Waals surface area contributed by atoms with Gasteiger partial charge in [-0.2, -0.15) is 0 Å². The van der Waals surface area contributed by atoms with E-state index in [4.69, 9.17) is 19.9 Å². The van der Waals surface area contributed by atoms with E-state index in [-0.39, 0.29) is 12.5 Å². The maximum Gasteiger partial charge on any atom is 0.258 e. The van der Waals surface area contributed by atoms with Crippen LogP contribution in [-0.4, -0.2) is 39.9 Å². The van der Waals surface area contributed by atoms with Gasteiger partial charge in [0.15, 0.2) is 18.1 Å². The molecule has 0 saturated heterocycles. The van der Waals surface area contributed by atoms with E-state index in [0.717, 1.165) is 5.56 Å². The number of rotatable bonds is 8. The maximum atomic E-state index is 11.5. The molecule has 6 nitrogen and oxygen atoms in total. The van der Waals surface area contributed by atoms with Crippen LogP contribution in [-0.2, 0) is 16.1 Å². The highest BCUT2D eigenvalue weighted by Gasteiger charge is 2.08. The van der Waals surface area contributed by atoms with E-state index in [1.807, 2.05) is 6.07 Å². The molecule has 0 fully saturated rings. The summed E-state index contributed by atoms with van der Waals surface area (Å²) in [6.45, 7) is 1.25. The first-order valence-corrected chi connectivity index (χ1v) is 5.96. The molecule has 0 aliphatic heterocycles. The van der Waals surface area contributed by atoms with Crippen LogP contribution in [0.1, 0.15) is 5.56 Å². The topological polar surface area (TPSA) is 82.8 Å². The van der Waals surface area contributed by atoms with Crippen LogP contribution in [0, 0.1) is 0 Å². The van der Waals surface area contributed by atoms with Crippen molar-refractivity contribution in [2.24, 2.45) is 5.73 Å². The normalized spacial score (nSPS) is 10.1. The van der Waals surface area contributed by atoms with Gasteiger partial charge in [-0.3, -0.25) is 4.79 Å². The van der Waals surface area contributed by atoms with Gasteiger partial charge in [-0.05, 0) is 17.7 Å². The highest BCUT2D eigenvalue weighted by molar-refractivity contribution is 5.77. The van der Waals surface area contributed by atoms with Crippen LogP contribution in [0.25, 0.3) is 0 Å². The first-order valence-electron chi connectivity index (χ1n) is 5.96. The molecule has 106 valence electrons. The Morgan fingerprint density at radius 3 is 2.74 bits per heavy atom. The lowest BCUT2D eigenvalue weighted by molar-refractivity contribution is -0.123. The number of hydrogen-bond donors (Lipinski definition) is 2. The van der Waals surface area contributed by atoms with E-state index >= 15 is 0 Å². The third kappa shape index (κ3) is 5.15. The predicted molar refractivity (Wildman–Crippen MR) is 71.3 cm³/mol. The summed E-state index contributed by atoms with van der Waals surface area (Å²) in [5.74, 6) is 0.867. The van der Waals surface area contributed by atoms with E-state index in [1.54, 1.807) is 26.4 Å². The number of amides is 1. The minimum atomic E-state index is -0.211. The number of hydrogen-bond acceptors (Lipinski definition) is 5. The fourth-order valence-corrected chi connectivity index (χ4v) is 1.45. The second-order valence-corrected chi connectivity index (χ2v) is 3.82. The Labute approximate surface area is 112 Å². The summed E-state index contributed by atoms with van der Waals surface area (Å²) in [7, 11) is 3.12. The molecular weight excluding hydrogens is 248 g/mol. The second-order valence-electron chi connectivity index (χ2n) is 3.82. The van der Waals surface area contributed by atoms with Crippen molar-refractivity contribution in [3.63, 3.8) is 0 Å². The Kier molecular flexibility index (Phi) is 6.70. The smallest absolute Gasteiger partial charge is 0.258 e. The van der Waals surface area contributed by atoms with Crippen molar-refractivity contribution in [3.05, 3.63) is 23.8 Å². The standard InChI is InChI=1S/C13H20N2O4/c1-17-6-5-15-13(16)9-19-12-7-10(8-14)3-4-11(12)18-2/h3-4,7H,5-6,8-9,14H2,1-2H3,(H,15,16). The van der Waals surface area contributed by atoms with Gasteiger partial charge in [-0.15, -0.1) is 0 Å². The molecule has 0 spiro atoms. The minimum absolute atomic E-state index is 0.0753. The van der Waals surface area contributed by atoms with Crippen LogP contribution in [0.3, 0.4) is 0 Å². The number of nitrogens with two attached hydrogens (primary N) is 1. The molecule has 3 N–H and O–H groups in total. The fourth-order valence-electron chi connectivity index (χ4n) is 1.45. The first kappa shape index (κ1) is 15.3. The lowest BCUT2D eigenvalue weighted by Crippen LogP contribution is -2.31. The molecule has 0 heterocycles. The molecule has 1 amide bonds. The maximum absolute atomic E-state index is 11.5. The molecule has 0 aliphatic rings. The third-order valence-corrected chi connectivity index (χ3v) is 2.45. The molecule has 0 atom stereocenters. The lowest BCUT2D eigenvalue weighted by Gasteiger charge is -2.12. The van der Waals surface area contributed by atoms with Gasteiger partial charge >= 0.3 is 0 Å². The van der Waals surface area contributed by atoms with E-state index in [2.05, 4.69) is 5.32 Å². The monoisotopic (exact) mass is 268 g/mol. The Morgan fingerprint density at radius 1 is 1.32 bits per heavy atom. The highest BCUT2D eigenvalue weighted by Crippen LogP contribution is 2.27. The van der Waals surface area contributed by atoms with Crippen LogP contribution >= 0.6 is 0 Å². The van der Waals surface area contributed by atoms with Gasteiger partial charge in [0.1, 0.15) is 0 Å². The number of methoxy groups -OCH3 is 2. The van der Waals surface area contributed by atoms with Crippen molar-refractivity contribution < 1.29 is 19.0 Å². The summed E-state index contributed by atoms with van der Waals surface area (Å²) in [6, 6.07) is 5.38. The Balaban J connectivity index is 2.53.